The molecule has 0 aliphatic carbocycles. The zero-order chi connectivity index (χ0) is 18.2. The fourth-order valence-corrected chi connectivity index (χ4v) is 2.86. The van der Waals surface area contributed by atoms with Crippen molar-refractivity contribution >= 4 is 23.6 Å². The highest BCUT2D eigenvalue weighted by molar-refractivity contribution is 5.94. The van der Waals surface area contributed by atoms with E-state index in [0.29, 0.717) is 25.2 Å². The van der Waals surface area contributed by atoms with E-state index >= 15 is 0 Å². The Labute approximate surface area is 147 Å². The Bertz CT molecular complexity index is 633. The predicted octanol–water partition coefficient (Wildman–Crippen LogP) is 1.78. The average Bonchev–Trinajstić information content (AvgIpc) is 2.65. The molecule has 2 N–H and O–H groups in total. The van der Waals surface area contributed by atoms with E-state index in [2.05, 4.69) is 10.6 Å². The molecule has 7 heteroatoms. The van der Waals surface area contributed by atoms with E-state index in [1.807, 2.05) is 31.2 Å². The van der Waals surface area contributed by atoms with E-state index < -0.39 is 0 Å². The number of aryl methyl sites for hydroxylation is 1. The molecule has 0 bridgehead atoms. The van der Waals surface area contributed by atoms with Crippen LogP contribution in [0.5, 0.6) is 0 Å². The van der Waals surface area contributed by atoms with Gasteiger partial charge in [-0.3, -0.25) is 9.59 Å². The molecular weight excluding hydrogens is 322 g/mol. The van der Waals surface area contributed by atoms with Crippen molar-refractivity contribution in [1.29, 1.82) is 0 Å². The SMILES string of the molecule is CCc1cccc(NC(=O)CNC(=O)N2CCC[C@H](C(=O)OC)C2)c1. The van der Waals surface area contributed by atoms with E-state index in [0.717, 1.165) is 18.4 Å². The first-order valence-electron chi connectivity index (χ1n) is 8.53. The first kappa shape index (κ1) is 18.8. The maximum absolute atomic E-state index is 12.2. The second-order valence-corrected chi connectivity index (χ2v) is 6.07. The highest BCUT2D eigenvalue weighted by Crippen LogP contribution is 2.17. The topological polar surface area (TPSA) is 87.7 Å². The molecule has 2 rings (SSSR count). The molecule has 136 valence electrons. The second kappa shape index (κ2) is 9.05. The standard InChI is InChI=1S/C18H25N3O4/c1-3-13-6-4-8-15(10-13)20-16(22)11-19-18(24)21-9-5-7-14(12-21)17(23)25-2/h4,6,8,10,14H,3,5,7,9,11-12H2,1-2H3,(H,19,24)(H,20,22)/t14-/m0/s1. The average molecular weight is 347 g/mol. The smallest absolute Gasteiger partial charge is 0.317 e. The first-order valence-corrected chi connectivity index (χ1v) is 8.53. The number of carbonyl (C=O) groups excluding carboxylic acids is 3. The summed E-state index contributed by atoms with van der Waals surface area (Å²) in [5, 5.41) is 5.37. The van der Waals surface area contributed by atoms with Crippen molar-refractivity contribution in [2.45, 2.75) is 26.2 Å². The lowest BCUT2D eigenvalue weighted by Crippen LogP contribution is -2.48. The predicted molar refractivity (Wildman–Crippen MR) is 94.2 cm³/mol. The Morgan fingerprint density at radius 2 is 2.12 bits per heavy atom. The molecule has 1 aromatic rings. The molecule has 1 atom stereocenters. The number of piperidine rings is 1. The number of methoxy groups -OCH3 is 1. The van der Waals surface area contributed by atoms with Gasteiger partial charge in [-0.25, -0.2) is 4.79 Å². The van der Waals surface area contributed by atoms with Gasteiger partial charge in [-0.15, -0.1) is 0 Å². The fourth-order valence-electron chi connectivity index (χ4n) is 2.86. The van der Waals surface area contributed by atoms with Gasteiger partial charge in [-0.05, 0) is 37.0 Å². The van der Waals surface area contributed by atoms with E-state index in [1.54, 1.807) is 4.90 Å². The van der Waals surface area contributed by atoms with Crippen LogP contribution in [-0.4, -0.2) is 49.6 Å². The summed E-state index contributed by atoms with van der Waals surface area (Å²) >= 11 is 0. The number of benzene rings is 1. The van der Waals surface area contributed by atoms with Gasteiger partial charge in [0.25, 0.3) is 0 Å². The van der Waals surface area contributed by atoms with Crippen molar-refractivity contribution in [3.05, 3.63) is 29.8 Å². The van der Waals surface area contributed by atoms with Crippen LogP contribution in [-0.2, 0) is 20.7 Å². The summed E-state index contributed by atoms with van der Waals surface area (Å²) in [6.07, 6.45) is 2.34. The molecule has 7 nitrogen and oxygen atoms in total. The molecular formula is C18H25N3O4. The van der Waals surface area contributed by atoms with Gasteiger partial charge >= 0.3 is 12.0 Å². The molecule has 25 heavy (non-hydrogen) atoms. The van der Waals surface area contributed by atoms with Crippen LogP contribution in [0, 0.1) is 5.92 Å². The number of nitrogens with one attached hydrogen (secondary N) is 2. The van der Waals surface area contributed by atoms with Crippen LogP contribution in [0.1, 0.15) is 25.3 Å². The zero-order valence-corrected chi connectivity index (χ0v) is 14.7. The molecule has 0 saturated carbocycles. The maximum atomic E-state index is 12.2. The molecule has 1 aromatic carbocycles. The van der Waals surface area contributed by atoms with Gasteiger partial charge in [-0.2, -0.15) is 0 Å². The minimum Gasteiger partial charge on any atom is -0.469 e. The second-order valence-electron chi connectivity index (χ2n) is 6.07. The van der Waals surface area contributed by atoms with Crippen molar-refractivity contribution < 1.29 is 19.1 Å². The summed E-state index contributed by atoms with van der Waals surface area (Å²) in [5.41, 5.74) is 1.84. The van der Waals surface area contributed by atoms with Gasteiger partial charge in [0.1, 0.15) is 0 Å². The first-order chi connectivity index (χ1) is 12.0. The molecule has 1 saturated heterocycles. The lowest BCUT2D eigenvalue weighted by atomic mass is 9.98. The number of carbonyl (C=O) groups is 3. The van der Waals surface area contributed by atoms with Gasteiger partial charge in [0.05, 0.1) is 19.6 Å². The lowest BCUT2D eigenvalue weighted by Gasteiger charge is -2.31. The summed E-state index contributed by atoms with van der Waals surface area (Å²) in [7, 11) is 1.35. The Balaban J connectivity index is 1.80. The number of anilines is 1. The number of urea groups is 1. The van der Waals surface area contributed by atoms with Crippen LogP contribution < -0.4 is 10.6 Å². The molecule has 0 aromatic heterocycles. The van der Waals surface area contributed by atoms with Crippen molar-refractivity contribution in [3.63, 3.8) is 0 Å². The summed E-state index contributed by atoms with van der Waals surface area (Å²) in [5.74, 6) is -0.885. The van der Waals surface area contributed by atoms with Gasteiger partial charge in [0.2, 0.25) is 5.91 Å². The largest absolute Gasteiger partial charge is 0.469 e. The number of amides is 3. The summed E-state index contributed by atoms with van der Waals surface area (Å²) in [4.78, 5) is 37.4. The number of nitrogens with zero attached hydrogens (tertiary/aromatic N) is 1. The van der Waals surface area contributed by atoms with Gasteiger partial charge in [0.15, 0.2) is 0 Å². The van der Waals surface area contributed by atoms with E-state index in [-0.39, 0.29) is 30.4 Å². The minimum absolute atomic E-state index is 0.116. The Morgan fingerprint density at radius 3 is 2.84 bits per heavy atom. The summed E-state index contributed by atoms with van der Waals surface area (Å²) in [6.45, 7) is 2.81. The monoisotopic (exact) mass is 347 g/mol. The quantitative estimate of drug-likeness (QED) is 0.795. The number of esters is 1. The molecule has 1 aliphatic rings. The summed E-state index contributed by atoms with van der Waals surface area (Å²) in [6, 6.07) is 7.25. The molecule has 3 amide bonds. The molecule has 0 spiro atoms. The molecule has 1 fully saturated rings. The molecule has 1 aliphatic heterocycles. The van der Waals surface area contributed by atoms with Crippen molar-refractivity contribution in [2.75, 3.05) is 32.1 Å². The number of hydrogen-bond acceptors (Lipinski definition) is 4. The van der Waals surface area contributed by atoms with E-state index in [4.69, 9.17) is 4.74 Å². The Hall–Kier alpha value is -2.57. The number of rotatable bonds is 5. The van der Waals surface area contributed by atoms with Crippen molar-refractivity contribution in [2.24, 2.45) is 5.92 Å². The van der Waals surface area contributed by atoms with Crippen LogP contribution >= 0.6 is 0 Å². The van der Waals surface area contributed by atoms with E-state index in [1.165, 1.54) is 7.11 Å². The highest BCUT2D eigenvalue weighted by Gasteiger charge is 2.29. The van der Waals surface area contributed by atoms with Gasteiger partial charge in [0, 0.05) is 18.8 Å². The van der Waals surface area contributed by atoms with Crippen molar-refractivity contribution in [3.8, 4) is 0 Å². The number of likely N-dealkylation sites (tertiary alicyclic amines) is 1. The molecule has 1 heterocycles. The van der Waals surface area contributed by atoms with Gasteiger partial charge in [-0.1, -0.05) is 19.1 Å². The third-order valence-electron chi connectivity index (χ3n) is 4.26. The van der Waals surface area contributed by atoms with Gasteiger partial charge < -0.3 is 20.3 Å². The molecule has 0 radical (unpaired) electrons. The number of ether oxygens (including phenoxy) is 1. The Kier molecular flexibility index (Phi) is 6.80. The van der Waals surface area contributed by atoms with E-state index in [9.17, 15) is 14.4 Å². The van der Waals surface area contributed by atoms with Crippen LogP contribution in [0.4, 0.5) is 10.5 Å². The zero-order valence-electron chi connectivity index (χ0n) is 14.7. The third kappa shape index (κ3) is 5.48. The Morgan fingerprint density at radius 1 is 1.32 bits per heavy atom. The van der Waals surface area contributed by atoms with Crippen LogP contribution in [0.15, 0.2) is 24.3 Å². The third-order valence-corrected chi connectivity index (χ3v) is 4.26. The fraction of sp³-hybridized carbons (Fsp3) is 0.500. The number of hydrogen-bond donors (Lipinski definition) is 2. The summed E-state index contributed by atoms with van der Waals surface area (Å²) < 4.78 is 4.74. The van der Waals surface area contributed by atoms with Crippen LogP contribution in [0.3, 0.4) is 0 Å². The highest BCUT2D eigenvalue weighted by atomic mass is 16.5. The molecule has 0 unspecified atom stereocenters. The van der Waals surface area contributed by atoms with Crippen LogP contribution in [0.2, 0.25) is 0 Å². The normalized spacial score (nSPS) is 16.9. The van der Waals surface area contributed by atoms with Crippen LogP contribution in [0.25, 0.3) is 0 Å². The minimum atomic E-state index is -0.342. The van der Waals surface area contributed by atoms with Crippen molar-refractivity contribution in [1.82, 2.24) is 10.2 Å². The lowest BCUT2D eigenvalue weighted by molar-refractivity contribution is -0.146. The maximum Gasteiger partial charge on any atom is 0.317 e.